The van der Waals surface area contributed by atoms with Gasteiger partial charge in [-0.3, -0.25) is 14.9 Å². The number of hydrogen-bond donors (Lipinski definition) is 3. The molecule has 5 rings (SSSR count). The molecule has 0 fully saturated rings. The van der Waals surface area contributed by atoms with Gasteiger partial charge in [-0.1, -0.05) is 31.2 Å². The summed E-state index contributed by atoms with van der Waals surface area (Å²) in [6.07, 6.45) is 4.37. The van der Waals surface area contributed by atoms with Crippen molar-refractivity contribution in [2.75, 3.05) is 13.1 Å². The minimum Gasteiger partial charge on any atom is -0.361 e. The maximum atomic E-state index is 15.0. The van der Waals surface area contributed by atoms with Crippen molar-refractivity contribution in [1.82, 2.24) is 20.2 Å². The molecule has 0 spiro atoms. The van der Waals surface area contributed by atoms with Crippen molar-refractivity contribution in [2.45, 2.75) is 19.9 Å². The first-order chi connectivity index (χ1) is 15.6. The zero-order chi connectivity index (χ0) is 22.2. The molecule has 0 unspecified atom stereocenters. The summed E-state index contributed by atoms with van der Waals surface area (Å²) >= 11 is 0. The van der Waals surface area contributed by atoms with E-state index in [0.717, 1.165) is 30.4 Å². The Kier molecular flexibility index (Phi) is 5.11. The number of halogens is 1. The first-order valence-electron chi connectivity index (χ1n) is 10.7. The fourth-order valence-corrected chi connectivity index (χ4v) is 4.48. The Morgan fingerprint density at radius 1 is 1.00 bits per heavy atom. The van der Waals surface area contributed by atoms with Crippen LogP contribution in [0.3, 0.4) is 0 Å². The molecule has 2 aromatic heterocycles. The number of amides is 2. The molecule has 2 aromatic carbocycles. The van der Waals surface area contributed by atoms with Crippen LogP contribution in [0.1, 0.15) is 24.5 Å². The Labute approximate surface area is 184 Å². The van der Waals surface area contributed by atoms with E-state index in [9.17, 15) is 9.59 Å². The predicted molar refractivity (Wildman–Crippen MR) is 123 cm³/mol. The topological polar surface area (TPSA) is 78.9 Å². The lowest BCUT2D eigenvalue weighted by molar-refractivity contribution is -0.122. The molecule has 0 saturated carbocycles. The number of H-pyrrole nitrogens is 1. The summed E-state index contributed by atoms with van der Waals surface area (Å²) in [5, 5.41) is 6.89. The van der Waals surface area contributed by atoms with Gasteiger partial charge in [-0.05, 0) is 37.7 Å². The standard InChI is InChI=1S/C25H23FN4O2/c1-2-27-11-6-12-30-14-17(21-18(26)8-5-10-20(21)30)23-22(24(31)29-25(23)32)16-13-28-19-9-4-3-7-15(16)19/h3-5,7-10,13-14,27-28H,2,6,11-12H2,1H3,(H,29,31,32). The SMILES string of the molecule is CCNCCCn1cc(C2=C(c3c[nH]c4ccccc34)C(=O)NC2=O)c2c(F)cccc21. The molecule has 0 radical (unpaired) electrons. The Morgan fingerprint density at radius 2 is 1.78 bits per heavy atom. The number of aryl methyl sites for hydroxylation is 1. The van der Waals surface area contributed by atoms with Gasteiger partial charge in [0.2, 0.25) is 0 Å². The molecule has 0 bridgehead atoms. The van der Waals surface area contributed by atoms with Crippen LogP contribution in [0.4, 0.5) is 4.39 Å². The number of aromatic nitrogens is 2. The molecule has 32 heavy (non-hydrogen) atoms. The molecule has 2 amide bonds. The number of carbonyl (C=O) groups is 2. The van der Waals surface area contributed by atoms with Crippen LogP contribution in [0, 0.1) is 5.82 Å². The van der Waals surface area contributed by atoms with Crippen LogP contribution in [0.2, 0.25) is 0 Å². The van der Waals surface area contributed by atoms with Gasteiger partial charge in [0.1, 0.15) is 5.82 Å². The van der Waals surface area contributed by atoms with Crippen molar-refractivity contribution in [1.29, 1.82) is 0 Å². The second-order valence-corrected chi connectivity index (χ2v) is 7.86. The lowest BCUT2D eigenvalue weighted by Gasteiger charge is -2.05. The highest BCUT2D eigenvalue weighted by molar-refractivity contribution is 6.50. The largest absolute Gasteiger partial charge is 0.361 e. The summed E-state index contributed by atoms with van der Waals surface area (Å²) in [6.45, 7) is 4.43. The first-order valence-corrected chi connectivity index (χ1v) is 10.7. The number of imide groups is 1. The molecule has 3 N–H and O–H groups in total. The molecule has 162 valence electrons. The van der Waals surface area contributed by atoms with E-state index in [2.05, 4.69) is 15.6 Å². The molecule has 1 aliphatic rings. The van der Waals surface area contributed by atoms with Crippen LogP contribution < -0.4 is 10.6 Å². The van der Waals surface area contributed by atoms with Crippen LogP contribution in [0.5, 0.6) is 0 Å². The molecule has 3 heterocycles. The summed E-state index contributed by atoms with van der Waals surface area (Å²) < 4.78 is 17.0. The highest BCUT2D eigenvalue weighted by atomic mass is 19.1. The Balaban J connectivity index is 1.72. The monoisotopic (exact) mass is 430 g/mol. The maximum absolute atomic E-state index is 15.0. The van der Waals surface area contributed by atoms with Crippen LogP contribution >= 0.6 is 0 Å². The zero-order valence-corrected chi connectivity index (χ0v) is 17.7. The van der Waals surface area contributed by atoms with Gasteiger partial charge in [-0.2, -0.15) is 0 Å². The van der Waals surface area contributed by atoms with E-state index in [-0.39, 0.29) is 11.1 Å². The molecular formula is C25H23FN4O2. The highest BCUT2D eigenvalue weighted by Crippen LogP contribution is 2.39. The summed E-state index contributed by atoms with van der Waals surface area (Å²) in [5.74, 6) is -1.40. The number of hydrogen-bond acceptors (Lipinski definition) is 3. The van der Waals surface area contributed by atoms with Crippen molar-refractivity contribution >= 4 is 44.8 Å². The summed E-state index contributed by atoms with van der Waals surface area (Å²) in [7, 11) is 0. The Bertz CT molecular complexity index is 1400. The minimum absolute atomic E-state index is 0.209. The third-order valence-corrected chi connectivity index (χ3v) is 5.92. The zero-order valence-electron chi connectivity index (χ0n) is 17.7. The second-order valence-electron chi connectivity index (χ2n) is 7.86. The molecule has 0 saturated heterocycles. The smallest absolute Gasteiger partial charge is 0.259 e. The van der Waals surface area contributed by atoms with Crippen LogP contribution in [-0.4, -0.2) is 34.5 Å². The number of para-hydroxylation sites is 1. The normalized spacial score (nSPS) is 14.2. The fourth-order valence-electron chi connectivity index (χ4n) is 4.48. The number of aromatic amines is 1. The van der Waals surface area contributed by atoms with E-state index in [1.807, 2.05) is 41.8 Å². The van der Waals surface area contributed by atoms with Crippen molar-refractivity contribution in [2.24, 2.45) is 0 Å². The average Bonchev–Trinajstić information content (AvgIpc) is 3.45. The quantitative estimate of drug-likeness (QED) is 0.308. The van der Waals surface area contributed by atoms with Gasteiger partial charge in [0, 0.05) is 46.4 Å². The van der Waals surface area contributed by atoms with Crippen molar-refractivity contribution in [3.63, 3.8) is 0 Å². The van der Waals surface area contributed by atoms with Gasteiger partial charge in [-0.25, -0.2) is 4.39 Å². The molecular weight excluding hydrogens is 407 g/mol. The molecule has 6 nitrogen and oxygen atoms in total. The van der Waals surface area contributed by atoms with Crippen LogP contribution in [0.25, 0.3) is 33.0 Å². The first kappa shape index (κ1) is 20.2. The number of nitrogens with one attached hydrogen (secondary N) is 3. The number of carbonyl (C=O) groups excluding carboxylic acids is 2. The van der Waals surface area contributed by atoms with Crippen molar-refractivity contribution in [3.05, 3.63) is 71.8 Å². The van der Waals surface area contributed by atoms with E-state index in [1.54, 1.807) is 18.5 Å². The van der Waals surface area contributed by atoms with Gasteiger partial charge < -0.3 is 14.9 Å². The molecule has 1 aliphatic heterocycles. The second kappa shape index (κ2) is 8.09. The van der Waals surface area contributed by atoms with Gasteiger partial charge in [0.05, 0.1) is 16.7 Å². The van der Waals surface area contributed by atoms with Gasteiger partial charge in [0.25, 0.3) is 11.8 Å². The van der Waals surface area contributed by atoms with E-state index in [0.29, 0.717) is 28.6 Å². The van der Waals surface area contributed by atoms with Gasteiger partial charge >= 0.3 is 0 Å². The third kappa shape index (κ3) is 3.22. The number of fused-ring (bicyclic) bond motifs is 2. The van der Waals surface area contributed by atoms with Crippen molar-refractivity contribution < 1.29 is 14.0 Å². The van der Waals surface area contributed by atoms with E-state index < -0.39 is 17.6 Å². The number of rotatable bonds is 7. The van der Waals surface area contributed by atoms with E-state index in [4.69, 9.17) is 0 Å². The Morgan fingerprint density at radius 3 is 2.59 bits per heavy atom. The average molecular weight is 430 g/mol. The lowest BCUT2D eigenvalue weighted by atomic mass is 9.95. The molecule has 7 heteroatoms. The summed E-state index contributed by atoms with van der Waals surface area (Å²) in [4.78, 5) is 29.0. The van der Waals surface area contributed by atoms with Crippen LogP contribution in [0.15, 0.2) is 54.9 Å². The van der Waals surface area contributed by atoms with Gasteiger partial charge in [-0.15, -0.1) is 0 Å². The summed E-state index contributed by atoms with van der Waals surface area (Å²) in [5.41, 5.74) is 3.10. The van der Waals surface area contributed by atoms with Gasteiger partial charge in [0.15, 0.2) is 0 Å². The summed E-state index contributed by atoms with van der Waals surface area (Å²) in [6, 6.07) is 12.5. The molecule has 4 aromatic rings. The molecule has 0 atom stereocenters. The fraction of sp³-hybridized carbons (Fsp3) is 0.200. The number of benzene rings is 2. The number of nitrogens with zero attached hydrogens (tertiary/aromatic N) is 1. The van der Waals surface area contributed by atoms with Crippen LogP contribution in [-0.2, 0) is 16.1 Å². The van der Waals surface area contributed by atoms with E-state index in [1.165, 1.54) is 6.07 Å². The van der Waals surface area contributed by atoms with Crippen molar-refractivity contribution in [3.8, 4) is 0 Å². The minimum atomic E-state index is -0.509. The predicted octanol–water partition coefficient (Wildman–Crippen LogP) is 3.83. The lowest BCUT2D eigenvalue weighted by Crippen LogP contribution is -2.22. The third-order valence-electron chi connectivity index (χ3n) is 5.92. The van der Waals surface area contributed by atoms with E-state index >= 15 is 4.39 Å². The Hall–Kier alpha value is -3.71. The maximum Gasteiger partial charge on any atom is 0.259 e. The molecule has 0 aliphatic carbocycles. The highest BCUT2D eigenvalue weighted by Gasteiger charge is 2.35.